The maximum atomic E-state index is 12.9. The van der Waals surface area contributed by atoms with Crippen LogP contribution < -0.4 is 15.3 Å². The second kappa shape index (κ2) is 7.92. The van der Waals surface area contributed by atoms with E-state index in [0.717, 1.165) is 4.90 Å². The Balaban J connectivity index is 1.63. The second-order valence-electron chi connectivity index (χ2n) is 6.50. The van der Waals surface area contributed by atoms with Gasteiger partial charge in [0.1, 0.15) is 17.1 Å². The summed E-state index contributed by atoms with van der Waals surface area (Å²) in [6.07, 6.45) is 1.23. The summed E-state index contributed by atoms with van der Waals surface area (Å²) in [6.45, 7) is 0. The number of carboxylic acids is 1. The molecule has 2 heterocycles. The number of amides is 4. The smallest absolute Gasteiger partial charge is 0.335 e. The Morgan fingerprint density at radius 2 is 1.65 bits per heavy atom. The van der Waals surface area contributed by atoms with Crippen molar-refractivity contribution in [2.24, 2.45) is 0 Å². The van der Waals surface area contributed by atoms with Gasteiger partial charge in [0.15, 0.2) is 0 Å². The lowest BCUT2D eigenvalue weighted by atomic mass is 10.1. The number of hydrogen-bond donors (Lipinski definition) is 1. The molecule has 1 aliphatic heterocycles. The van der Waals surface area contributed by atoms with Crippen LogP contribution in [0.4, 0.5) is 10.5 Å². The zero-order valence-corrected chi connectivity index (χ0v) is 16.4. The summed E-state index contributed by atoms with van der Waals surface area (Å²) < 4.78 is 5.66. The first kappa shape index (κ1) is 20.1. The van der Waals surface area contributed by atoms with Crippen molar-refractivity contribution in [3.05, 3.63) is 82.6 Å². The third kappa shape index (κ3) is 3.96. The minimum absolute atomic E-state index is 0.0223. The lowest BCUT2D eigenvalue weighted by Crippen LogP contribution is -2.54. The van der Waals surface area contributed by atoms with Crippen LogP contribution in [0.1, 0.15) is 16.1 Å². The molecule has 0 aliphatic carbocycles. The molecule has 1 fully saturated rings. The van der Waals surface area contributed by atoms with Crippen LogP contribution in [0.25, 0.3) is 17.4 Å². The van der Waals surface area contributed by atoms with E-state index in [1.807, 2.05) is 0 Å². The van der Waals surface area contributed by atoms with Crippen LogP contribution in [0.3, 0.4) is 0 Å². The number of hydrogen-bond acceptors (Lipinski definition) is 6. The largest absolute Gasteiger partial charge is 0.545 e. The minimum atomic E-state index is -1.29. The summed E-state index contributed by atoms with van der Waals surface area (Å²) in [5.41, 5.74) is 0.572. The molecule has 0 unspecified atom stereocenters. The second-order valence-corrected chi connectivity index (χ2v) is 6.94. The van der Waals surface area contributed by atoms with Gasteiger partial charge in [-0.05, 0) is 48.0 Å². The fourth-order valence-electron chi connectivity index (χ4n) is 2.98. The van der Waals surface area contributed by atoms with Crippen LogP contribution in [0.15, 0.2) is 70.7 Å². The Kier molecular flexibility index (Phi) is 5.14. The van der Waals surface area contributed by atoms with E-state index in [1.165, 1.54) is 42.5 Å². The predicted molar refractivity (Wildman–Crippen MR) is 109 cm³/mol. The number of furan rings is 1. The van der Waals surface area contributed by atoms with Crippen LogP contribution >= 0.6 is 11.6 Å². The molecule has 0 saturated carbocycles. The van der Waals surface area contributed by atoms with Gasteiger partial charge in [0.05, 0.1) is 11.7 Å². The van der Waals surface area contributed by atoms with Gasteiger partial charge in [0.2, 0.25) is 0 Å². The first-order valence-electron chi connectivity index (χ1n) is 8.92. The van der Waals surface area contributed by atoms with Crippen molar-refractivity contribution in [3.8, 4) is 11.3 Å². The molecule has 0 spiro atoms. The first-order valence-corrected chi connectivity index (χ1v) is 9.30. The number of imide groups is 2. The lowest BCUT2D eigenvalue weighted by molar-refractivity contribution is -0.255. The molecule has 1 saturated heterocycles. The maximum Gasteiger partial charge on any atom is 0.335 e. The standard InChI is InChI=1S/C22H13ClN2O6/c23-14-5-7-15(8-6-14)25-20(27)17(19(26)24-22(25)30)11-16-9-10-18(31-16)12-1-3-13(4-2-12)21(28)29/h1-11H,(H,28,29)(H,24,26,30)/p-1/b17-11+. The molecule has 2 aromatic carbocycles. The van der Waals surface area contributed by atoms with Crippen molar-refractivity contribution in [2.45, 2.75) is 0 Å². The molecule has 4 rings (SSSR count). The van der Waals surface area contributed by atoms with E-state index < -0.39 is 23.8 Å². The van der Waals surface area contributed by atoms with Crippen molar-refractivity contribution in [1.82, 2.24) is 5.32 Å². The number of barbiturate groups is 1. The Bertz CT molecular complexity index is 1240. The fraction of sp³-hybridized carbons (Fsp3) is 0. The van der Waals surface area contributed by atoms with E-state index in [4.69, 9.17) is 16.0 Å². The monoisotopic (exact) mass is 435 g/mol. The minimum Gasteiger partial charge on any atom is -0.545 e. The number of nitrogens with one attached hydrogen (secondary N) is 1. The summed E-state index contributed by atoms with van der Waals surface area (Å²) in [7, 11) is 0. The Morgan fingerprint density at radius 1 is 0.968 bits per heavy atom. The van der Waals surface area contributed by atoms with Crippen LogP contribution in [0.5, 0.6) is 0 Å². The molecule has 1 N–H and O–H groups in total. The number of rotatable bonds is 4. The number of aromatic carboxylic acids is 1. The highest BCUT2D eigenvalue weighted by atomic mass is 35.5. The van der Waals surface area contributed by atoms with Crippen molar-refractivity contribution in [1.29, 1.82) is 0 Å². The molecule has 1 aliphatic rings. The van der Waals surface area contributed by atoms with Crippen molar-refractivity contribution >= 4 is 47.2 Å². The molecular weight excluding hydrogens is 424 g/mol. The number of nitrogens with zero attached hydrogens (tertiary/aromatic N) is 1. The number of carbonyl (C=O) groups is 4. The van der Waals surface area contributed by atoms with E-state index >= 15 is 0 Å². The van der Waals surface area contributed by atoms with Crippen LogP contribution in [-0.4, -0.2) is 23.8 Å². The molecular formula is C22H12ClN2O6-. The summed E-state index contributed by atoms with van der Waals surface area (Å²) in [5.74, 6) is -2.37. The van der Waals surface area contributed by atoms with Gasteiger partial charge in [-0.1, -0.05) is 35.9 Å². The van der Waals surface area contributed by atoms with E-state index in [0.29, 0.717) is 16.3 Å². The summed E-state index contributed by atoms with van der Waals surface area (Å²) in [4.78, 5) is 49.0. The van der Waals surface area contributed by atoms with Gasteiger partial charge in [0, 0.05) is 10.6 Å². The van der Waals surface area contributed by atoms with Gasteiger partial charge in [-0.2, -0.15) is 0 Å². The van der Waals surface area contributed by atoms with Crippen LogP contribution in [-0.2, 0) is 9.59 Å². The maximum absolute atomic E-state index is 12.9. The highest BCUT2D eigenvalue weighted by molar-refractivity contribution is 6.39. The Morgan fingerprint density at radius 3 is 2.29 bits per heavy atom. The average Bonchev–Trinajstić information content (AvgIpc) is 3.21. The Hall–Kier alpha value is -4.17. The molecule has 4 amide bonds. The highest BCUT2D eigenvalue weighted by Gasteiger charge is 2.37. The quantitative estimate of drug-likeness (QED) is 0.497. The van der Waals surface area contributed by atoms with Gasteiger partial charge >= 0.3 is 6.03 Å². The topological polar surface area (TPSA) is 120 Å². The molecule has 0 atom stereocenters. The highest BCUT2D eigenvalue weighted by Crippen LogP contribution is 2.26. The molecule has 9 heteroatoms. The number of halogens is 1. The summed E-state index contributed by atoms with van der Waals surface area (Å²) in [5, 5.41) is 13.4. The van der Waals surface area contributed by atoms with Crippen LogP contribution in [0, 0.1) is 0 Å². The van der Waals surface area contributed by atoms with Gasteiger partial charge in [-0.15, -0.1) is 0 Å². The summed E-state index contributed by atoms with van der Waals surface area (Å²) in [6, 6.07) is 14.1. The number of urea groups is 1. The zero-order valence-electron chi connectivity index (χ0n) is 15.6. The molecule has 1 aromatic heterocycles. The summed E-state index contributed by atoms with van der Waals surface area (Å²) >= 11 is 5.85. The van der Waals surface area contributed by atoms with E-state index in [2.05, 4.69) is 5.32 Å². The van der Waals surface area contributed by atoms with Crippen molar-refractivity contribution in [2.75, 3.05) is 4.90 Å². The average molecular weight is 436 g/mol. The molecule has 154 valence electrons. The van der Waals surface area contributed by atoms with Gasteiger partial charge in [-0.3, -0.25) is 14.9 Å². The first-order chi connectivity index (χ1) is 14.8. The molecule has 0 bridgehead atoms. The lowest BCUT2D eigenvalue weighted by Gasteiger charge is -2.26. The van der Waals surface area contributed by atoms with E-state index in [9.17, 15) is 24.3 Å². The predicted octanol–water partition coefficient (Wildman–Crippen LogP) is 2.63. The number of benzene rings is 2. The SMILES string of the molecule is O=C1NC(=O)N(c2ccc(Cl)cc2)C(=O)/C1=C/c1ccc(-c2ccc(C(=O)[O-])cc2)o1. The van der Waals surface area contributed by atoms with Gasteiger partial charge < -0.3 is 14.3 Å². The third-order valence-electron chi connectivity index (χ3n) is 4.51. The molecule has 8 nitrogen and oxygen atoms in total. The van der Waals surface area contributed by atoms with Crippen molar-refractivity contribution in [3.63, 3.8) is 0 Å². The van der Waals surface area contributed by atoms with E-state index in [-0.39, 0.29) is 22.6 Å². The van der Waals surface area contributed by atoms with Gasteiger partial charge in [-0.25, -0.2) is 9.69 Å². The normalized spacial score (nSPS) is 15.3. The van der Waals surface area contributed by atoms with Gasteiger partial charge in [0.25, 0.3) is 11.8 Å². The van der Waals surface area contributed by atoms with Crippen molar-refractivity contribution < 1.29 is 28.7 Å². The van der Waals surface area contributed by atoms with Crippen LogP contribution in [0.2, 0.25) is 5.02 Å². The number of carbonyl (C=O) groups excluding carboxylic acids is 4. The number of anilines is 1. The molecule has 0 radical (unpaired) electrons. The fourth-order valence-corrected chi connectivity index (χ4v) is 3.11. The third-order valence-corrected chi connectivity index (χ3v) is 4.76. The number of carboxylic acid groups (broad SMARTS) is 1. The molecule has 3 aromatic rings. The molecule has 31 heavy (non-hydrogen) atoms. The zero-order chi connectivity index (χ0) is 22.1. The Labute approximate surface area is 180 Å². The van der Waals surface area contributed by atoms with E-state index in [1.54, 1.807) is 24.3 Å².